The van der Waals surface area contributed by atoms with Crippen molar-refractivity contribution in [2.24, 2.45) is 0 Å². The Labute approximate surface area is 93.5 Å². The Morgan fingerprint density at radius 3 is 2.81 bits per heavy atom. The van der Waals surface area contributed by atoms with Gasteiger partial charge in [-0.2, -0.15) is 0 Å². The van der Waals surface area contributed by atoms with Gasteiger partial charge < -0.3 is 9.47 Å². The zero-order chi connectivity index (χ0) is 12.0. The van der Waals surface area contributed by atoms with E-state index in [2.05, 4.69) is 11.3 Å². The van der Waals surface area contributed by atoms with Crippen molar-refractivity contribution in [2.45, 2.75) is 0 Å². The molecule has 0 amide bonds. The van der Waals surface area contributed by atoms with Crippen molar-refractivity contribution in [3.63, 3.8) is 0 Å². The number of benzene rings is 1. The highest BCUT2D eigenvalue weighted by Gasteiger charge is 2.17. The van der Waals surface area contributed by atoms with Gasteiger partial charge in [0.05, 0.1) is 7.11 Å². The van der Waals surface area contributed by atoms with Gasteiger partial charge in [-0.15, -0.1) is 0 Å². The van der Waals surface area contributed by atoms with Crippen LogP contribution in [-0.4, -0.2) is 25.5 Å². The lowest BCUT2D eigenvalue weighted by molar-refractivity contribution is -0.136. The maximum atomic E-state index is 11.6. The normalized spacial score (nSPS) is 9.31. The summed E-state index contributed by atoms with van der Waals surface area (Å²) >= 11 is 0. The number of carbonyl (C=O) groups is 2. The van der Waals surface area contributed by atoms with Gasteiger partial charge in [0.2, 0.25) is 0 Å². The fraction of sp³-hybridized carbons (Fsp3) is 0.167. The molecule has 4 nitrogen and oxygen atoms in total. The molecule has 0 aromatic heterocycles. The van der Waals surface area contributed by atoms with Crippen LogP contribution in [0.25, 0.3) is 0 Å². The predicted octanol–water partition coefficient (Wildman–Crippen LogP) is 1.61. The van der Waals surface area contributed by atoms with Gasteiger partial charge in [0, 0.05) is 5.56 Å². The molecule has 0 saturated carbocycles. The number of carbonyl (C=O) groups excluding carboxylic acids is 2. The topological polar surface area (TPSA) is 52.6 Å². The van der Waals surface area contributed by atoms with E-state index in [-0.39, 0.29) is 12.2 Å². The monoisotopic (exact) mass is 220 g/mol. The third-order valence-electron chi connectivity index (χ3n) is 1.85. The molecule has 0 aliphatic heterocycles. The summed E-state index contributed by atoms with van der Waals surface area (Å²) in [5.41, 5.74) is 0.244. The Hall–Kier alpha value is -2.10. The lowest BCUT2D eigenvalue weighted by Crippen LogP contribution is -2.17. The first kappa shape index (κ1) is 12.0. The Balaban J connectivity index is 2.79. The lowest BCUT2D eigenvalue weighted by Gasteiger charge is -2.03. The van der Waals surface area contributed by atoms with Crippen LogP contribution in [0.15, 0.2) is 36.9 Å². The van der Waals surface area contributed by atoms with Gasteiger partial charge in [0.25, 0.3) is 5.78 Å². The molecular weight excluding hydrogens is 208 g/mol. The first-order chi connectivity index (χ1) is 7.69. The van der Waals surface area contributed by atoms with Crippen molar-refractivity contribution in [1.29, 1.82) is 0 Å². The van der Waals surface area contributed by atoms with E-state index in [1.807, 2.05) is 0 Å². The number of ether oxygens (including phenoxy) is 2. The highest BCUT2D eigenvalue weighted by atomic mass is 16.5. The molecule has 1 aromatic rings. The maximum Gasteiger partial charge on any atom is 0.379 e. The zero-order valence-electron chi connectivity index (χ0n) is 8.93. The number of hydrogen-bond acceptors (Lipinski definition) is 4. The van der Waals surface area contributed by atoms with Crippen LogP contribution in [0.2, 0.25) is 0 Å². The molecule has 1 rings (SSSR count). The quantitative estimate of drug-likeness (QED) is 0.327. The average molecular weight is 220 g/mol. The molecule has 0 atom stereocenters. The van der Waals surface area contributed by atoms with Crippen LogP contribution in [0, 0.1) is 0 Å². The SMILES string of the molecule is C=CCOC(=O)C(=O)c1cccc(OC)c1. The summed E-state index contributed by atoms with van der Waals surface area (Å²) in [5, 5.41) is 0. The van der Waals surface area contributed by atoms with Gasteiger partial charge in [-0.1, -0.05) is 24.8 Å². The van der Waals surface area contributed by atoms with Crippen molar-refractivity contribution < 1.29 is 19.1 Å². The standard InChI is InChI=1S/C12H12O4/c1-3-7-16-12(14)11(13)9-5-4-6-10(8-9)15-2/h3-6,8H,1,7H2,2H3. The number of Topliss-reactive ketones (excluding diaryl/α,β-unsaturated/α-hetero) is 1. The molecule has 0 spiro atoms. The maximum absolute atomic E-state index is 11.6. The van der Waals surface area contributed by atoms with Crippen LogP contribution >= 0.6 is 0 Å². The highest BCUT2D eigenvalue weighted by Crippen LogP contribution is 2.13. The summed E-state index contributed by atoms with van der Waals surface area (Å²) in [5.74, 6) is -1.07. The van der Waals surface area contributed by atoms with Crippen LogP contribution in [0.4, 0.5) is 0 Å². The molecule has 84 valence electrons. The van der Waals surface area contributed by atoms with E-state index >= 15 is 0 Å². The molecule has 0 bridgehead atoms. The van der Waals surface area contributed by atoms with Crippen LogP contribution < -0.4 is 4.74 Å². The second-order valence-electron chi connectivity index (χ2n) is 2.95. The van der Waals surface area contributed by atoms with E-state index in [0.29, 0.717) is 5.75 Å². The van der Waals surface area contributed by atoms with Gasteiger partial charge in [-0.25, -0.2) is 4.79 Å². The molecule has 0 saturated heterocycles. The van der Waals surface area contributed by atoms with E-state index < -0.39 is 11.8 Å². The molecule has 0 aliphatic carbocycles. The van der Waals surface area contributed by atoms with Crippen LogP contribution in [0.5, 0.6) is 5.75 Å². The highest BCUT2D eigenvalue weighted by molar-refractivity contribution is 6.40. The zero-order valence-corrected chi connectivity index (χ0v) is 8.93. The number of rotatable bonds is 5. The minimum atomic E-state index is -0.895. The summed E-state index contributed by atoms with van der Waals surface area (Å²) in [4.78, 5) is 22.8. The molecular formula is C12H12O4. The predicted molar refractivity (Wildman–Crippen MR) is 58.5 cm³/mol. The van der Waals surface area contributed by atoms with Crippen LogP contribution in [0.3, 0.4) is 0 Å². The third kappa shape index (κ3) is 2.95. The lowest BCUT2D eigenvalue weighted by atomic mass is 10.1. The fourth-order valence-corrected chi connectivity index (χ4v) is 1.08. The summed E-state index contributed by atoms with van der Waals surface area (Å²) < 4.78 is 9.58. The molecule has 1 aromatic carbocycles. The average Bonchev–Trinajstić information content (AvgIpc) is 2.35. The number of hydrogen-bond donors (Lipinski definition) is 0. The summed E-state index contributed by atoms with van der Waals surface area (Å²) in [6, 6.07) is 6.33. The number of methoxy groups -OCH3 is 1. The Kier molecular flexibility index (Phi) is 4.27. The minimum absolute atomic E-state index is 0.0224. The van der Waals surface area contributed by atoms with E-state index in [1.54, 1.807) is 12.1 Å². The second kappa shape index (κ2) is 5.70. The first-order valence-electron chi connectivity index (χ1n) is 4.65. The summed E-state index contributed by atoms with van der Waals surface area (Å²) in [6.45, 7) is 3.41. The second-order valence-corrected chi connectivity index (χ2v) is 2.95. The van der Waals surface area contributed by atoms with E-state index in [1.165, 1.54) is 25.3 Å². The summed E-state index contributed by atoms with van der Waals surface area (Å²) in [7, 11) is 1.49. The van der Waals surface area contributed by atoms with Crippen LogP contribution in [0.1, 0.15) is 10.4 Å². The minimum Gasteiger partial charge on any atom is -0.497 e. The largest absolute Gasteiger partial charge is 0.497 e. The third-order valence-corrected chi connectivity index (χ3v) is 1.85. The van der Waals surface area contributed by atoms with E-state index in [9.17, 15) is 9.59 Å². The molecule has 16 heavy (non-hydrogen) atoms. The van der Waals surface area contributed by atoms with E-state index in [0.717, 1.165) is 0 Å². The Morgan fingerprint density at radius 1 is 1.44 bits per heavy atom. The Bertz CT molecular complexity index is 409. The smallest absolute Gasteiger partial charge is 0.379 e. The molecule has 0 heterocycles. The van der Waals surface area contributed by atoms with Gasteiger partial charge in [0.15, 0.2) is 0 Å². The summed E-state index contributed by atoms with van der Waals surface area (Å²) in [6.07, 6.45) is 1.40. The Morgan fingerprint density at radius 2 is 2.19 bits per heavy atom. The molecule has 0 N–H and O–H groups in total. The molecule has 0 radical (unpaired) electrons. The number of esters is 1. The van der Waals surface area contributed by atoms with Crippen LogP contribution in [-0.2, 0) is 9.53 Å². The van der Waals surface area contributed by atoms with Crippen molar-refractivity contribution in [2.75, 3.05) is 13.7 Å². The van der Waals surface area contributed by atoms with Gasteiger partial charge in [-0.3, -0.25) is 4.79 Å². The first-order valence-corrected chi connectivity index (χ1v) is 4.65. The number of ketones is 1. The molecule has 0 fully saturated rings. The van der Waals surface area contributed by atoms with Crippen molar-refractivity contribution >= 4 is 11.8 Å². The van der Waals surface area contributed by atoms with Gasteiger partial charge in [-0.05, 0) is 12.1 Å². The van der Waals surface area contributed by atoms with Gasteiger partial charge in [0.1, 0.15) is 12.4 Å². The van der Waals surface area contributed by atoms with E-state index in [4.69, 9.17) is 4.74 Å². The van der Waals surface area contributed by atoms with Gasteiger partial charge >= 0.3 is 5.97 Å². The van der Waals surface area contributed by atoms with Crippen molar-refractivity contribution in [3.8, 4) is 5.75 Å². The molecule has 0 aliphatic rings. The molecule has 4 heteroatoms. The van der Waals surface area contributed by atoms with Crippen molar-refractivity contribution in [1.82, 2.24) is 0 Å². The fourth-order valence-electron chi connectivity index (χ4n) is 1.08. The van der Waals surface area contributed by atoms with Crippen molar-refractivity contribution in [3.05, 3.63) is 42.5 Å². The molecule has 0 unspecified atom stereocenters.